The third kappa shape index (κ3) is 9.67. The molecule has 9 nitrogen and oxygen atoms in total. The zero-order valence-electron chi connectivity index (χ0n) is 33.4. The summed E-state index contributed by atoms with van der Waals surface area (Å²) in [4.78, 5) is 33.3. The summed E-state index contributed by atoms with van der Waals surface area (Å²) in [7, 11) is 0. The first-order valence-corrected chi connectivity index (χ1v) is 21.0. The first kappa shape index (κ1) is 41.8. The fourth-order valence-corrected chi connectivity index (χ4v) is 8.41. The number of nitrogens with zero attached hydrogens (tertiary/aromatic N) is 2. The molecule has 312 valence electrons. The Hall–Kier alpha value is -5.94. The molecule has 12 heteroatoms. The average Bonchev–Trinajstić information content (AvgIpc) is 3.29. The van der Waals surface area contributed by atoms with Crippen LogP contribution < -0.4 is 19.5 Å². The first-order chi connectivity index (χ1) is 29.6. The minimum atomic E-state index is -1.17. The summed E-state index contributed by atoms with van der Waals surface area (Å²) in [5.41, 5.74) is 7.60. The van der Waals surface area contributed by atoms with Crippen molar-refractivity contribution in [1.29, 1.82) is 0 Å². The molecule has 0 saturated heterocycles. The number of nitrogens with one attached hydrogen (secondary N) is 1. The van der Waals surface area contributed by atoms with Crippen molar-refractivity contribution in [3.63, 3.8) is 0 Å². The van der Waals surface area contributed by atoms with Gasteiger partial charge in [0.15, 0.2) is 17.6 Å². The van der Waals surface area contributed by atoms with Gasteiger partial charge in [0.1, 0.15) is 31.7 Å². The van der Waals surface area contributed by atoms with Crippen molar-refractivity contribution >= 4 is 35.1 Å². The SMILES string of the molecule is CC[C@@H](c1ccccc1)N1Cc2cc3c(cc2C[C@H]1C(=O)NC(Cc1ccc(-c2ccnc(CF)c2)cc1)C(=O)O)OC[C@H](c1ccc(OCc2ccc(Cl)c(Cl)c2)cc1)O3. The van der Waals surface area contributed by atoms with Gasteiger partial charge in [0.2, 0.25) is 5.91 Å². The van der Waals surface area contributed by atoms with Gasteiger partial charge in [-0.1, -0.05) is 103 Å². The van der Waals surface area contributed by atoms with Crippen molar-refractivity contribution in [2.24, 2.45) is 0 Å². The smallest absolute Gasteiger partial charge is 0.326 e. The van der Waals surface area contributed by atoms with E-state index in [2.05, 4.69) is 34.3 Å². The van der Waals surface area contributed by atoms with E-state index >= 15 is 0 Å². The van der Waals surface area contributed by atoms with Gasteiger partial charge in [-0.3, -0.25) is 14.7 Å². The molecule has 0 radical (unpaired) electrons. The van der Waals surface area contributed by atoms with Crippen LogP contribution in [0.25, 0.3) is 11.1 Å². The van der Waals surface area contributed by atoms with Crippen LogP contribution in [0.3, 0.4) is 0 Å². The maximum Gasteiger partial charge on any atom is 0.326 e. The minimum Gasteiger partial charge on any atom is -0.489 e. The van der Waals surface area contributed by atoms with Crippen LogP contribution in [0.4, 0.5) is 4.39 Å². The number of benzene rings is 5. The molecule has 4 atom stereocenters. The lowest BCUT2D eigenvalue weighted by Gasteiger charge is -2.42. The van der Waals surface area contributed by atoms with Crippen molar-refractivity contribution in [2.75, 3.05) is 6.61 Å². The molecule has 0 bridgehead atoms. The van der Waals surface area contributed by atoms with Crippen molar-refractivity contribution in [3.8, 4) is 28.4 Å². The van der Waals surface area contributed by atoms with E-state index in [1.54, 1.807) is 30.5 Å². The number of amides is 1. The van der Waals surface area contributed by atoms with Crippen molar-refractivity contribution < 1.29 is 33.3 Å². The molecular formula is C49H44Cl2FN3O6. The van der Waals surface area contributed by atoms with Gasteiger partial charge >= 0.3 is 5.97 Å². The van der Waals surface area contributed by atoms with E-state index in [4.69, 9.17) is 37.4 Å². The van der Waals surface area contributed by atoms with E-state index in [1.807, 2.05) is 84.9 Å². The third-order valence-electron chi connectivity index (χ3n) is 11.3. The second kappa shape index (κ2) is 18.8. The Bertz CT molecular complexity index is 2510. The van der Waals surface area contributed by atoms with E-state index in [9.17, 15) is 19.1 Å². The number of halogens is 3. The van der Waals surface area contributed by atoms with Crippen LogP contribution in [-0.4, -0.2) is 45.6 Å². The van der Waals surface area contributed by atoms with Crippen LogP contribution in [0, 0.1) is 0 Å². The van der Waals surface area contributed by atoms with Crippen LogP contribution in [0.5, 0.6) is 17.2 Å². The van der Waals surface area contributed by atoms with E-state index in [1.165, 1.54) is 0 Å². The number of rotatable bonds is 14. The highest BCUT2D eigenvalue weighted by Crippen LogP contribution is 2.43. The van der Waals surface area contributed by atoms with E-state index < -0.39 is 24.7 Å². The number of aromatic nitrogens is 1. The van der Waals surface area contributed by atoms with Gasteiger partial charge < -0.3 is 24.6 Å². The molecule has 8 rings (SSSR count). The Morgan fingerprint density at radius 3 is 2.36 bits per heavy atom. The number of carboxylic acid groups (broad SMARTS) is 1. The van der Waals surface area contributed by atoms with Gasteiger partial charge in [0.05, 0.1) is 21.8 Å². The second-order valence-electron chi connectivity index (χ2n) is 15.3. The highest BCUT2D eigenvalue weighted by Gasteiger charge is 2.39. The number of carbonyl (C=O) groups excluding carboxylic acids is 1. The molecule has 1 amide bonds. The van der Waals surface area contributed by atoms with Crippen LogP contribution in [-0.2, 0) is 42.3 Å². The molecule has 61 heavy (non-hydrogen) atoms. The minimum absolute atomic E-state index is 0.0843. The zero-order chi connectivity index (χ0) is 42.5. The summed E-state index contributed by atoms with van der Waals surface area (Å²) in [5, 5.41) is 14.2. The molecule has 2 aliphatic rings. The summed E-state index contributed by atoms with van der Waals surface area (Å²) in [6.07, 6.45) is 2.37. The Balaban J connectivity index is 0.989. The lowest BCUT2D eigenvalue weighted by Crippen LogP contribution is -2.55. The summed E-state index contributed by atoms with van der Waals surface area (Å²) in [6.45, 7) is 2.50. The number of hydrogen-bond acceptors (Lipinski definition) is 7. The number of hydrogen-bond donors (Lipinski definition) is 2. The summed E-state index contributed by atoms with van der Waals surface area (Å²) < 4.78 is 32.1. The van der Waals surface area contributed by atoms with E-state index in [0.717, 1.165) is 50.9 Å². The van der Waals surface area contributed by atoms with Gasteiger partial charge in [-0.2, -0.15) is 0 Å². The predicted octanol–water partition coefficient (Wildman–Crippen LogP) is 10.3. The fraction of sp³-hybridized carbons (Fsp3) is 0.245. The second-order valence-corrected chi connectivity index (χ2v) is 16.1. The van der Waals surface area contributed by atoms with Gasteiger partial charge in [-0.25, -0.2) is 9.18 Å². The molecule has 2 aliphatic heterocycles. The lowest BCUT2D eigenvalue weighted by atomic mass is 9.89. The molecule has 2 N–H and O–H groups in total. The number of carboxylic acids is 1. The number of alkyl halides is 1. The summed E-state index contributed by atoms with van der Waals surface area (Å²) >= 11 is 12.2. The largest absolute Gasteiger partial charge is 0.489 e. The average molecular weight is 861 g/mol. The molecular weight excluding hydrogens is 816 g/mol. The Morgan fingerprint density at radius 2 is 1.64 bits per heavy atom. The van der Waals surface area contributed by atoms with E-state index in [-0.39, 0.29) is 24.5 Å². The molecule has 0 aliphatic carbocycles. The van der Waals surface area contributed by atoms with Crippen LogP contribution in [0.2, 0.25) is 10.0 Å². The Labute approximate surface area is 364 Å². The highest BCUT2D eigenvalue weighted by molar-refractivity contribution is 6.42. The zero-order valence-corrected chi connectivity index (χ0v) is 34.9. The lowest BCUT2D eigenvalue weighted by molar-refractivity contribution is -0.143. The monoisotopic (exact) mass is 859 g/mol. The van der Waals surface area contributed by atoms with Crippen LogP contribution in [0.15, 0.2) is 128 Å². The van der Waals surface area contributed by atoms with Gasteiger partial charge in [0, 0.05) is 25.2 Å². The fourth-order valence-electron chi connectivity index (χ4n) is 8.09. The molecule has 0 spiro atoms. The molecule has 1 unspecified atom stereocenters. The first-order valence-electron chi connectivity index (χ1n) is 20.2. The van der Waals surface area contributed by atoms with Crippen LogP contribution >= 0.6 is 23.2 Å². The third-order valence-corrected chi connectivity index (χ3v) is 12.0. The predicted molar refractivity (Wildman–Crippen MR) is 233 cm³/mol. The molecule has 6 aromatic rings. The standard InChI is InChI=1S/C49H44Cl2FN3O6/c1-2-43(33-6-4-3-5-7-33)55-27-37-25-46-45(60-29-47(61-46)34-13-15-39(16-14-34)59-28-31-10-17-40(50)41(51)20-31)24-36(37)23-44(55)48(56)54-42(49(57)58)21-30-8-11-32(12-9-30)35-18-19-53-38(22-35)26-52/h3-20,22,24-25,42-44,47H,2,21,23,26-29H2,1H3,(H,54,56)(H,57,58)/t42?,43-,44-,47+/m0/s1. The van der Waals surface area contributed by atoms with Crippen LogP contribution in [0.1, 0.15) is 64.6 Å². The number of fused-ring (bicyclic) bond motifs is 2. The molecule has 0 fully saturated rings. The van der Waals surface area contributed by atoms with Gasteiger partial charge in [0.25, 0.3) is 0 Å². The molecule has 0 saturated carbocycles. The normalized spacial score (nSPS) is 16.9. The maximum atomic E-state index is 14.4. The van der Waals surface area contributed by atoms with Gasteiger partial charge in [-0.15, -0.1) is 0 Å². The number of carbonyl (C=O) groups is 2. The molecule has 1 aromatic heterocycles. The van der Waals surface area contributed by atoms with Gasteiger partial charge in [-0.05, 0) is 106 Å². The topological polar surface area (TPSA) is 110 Å². The number of aliphatic carboxylic acids is 1. The summed E-state index contributed by atoms with van der Waals surface area (Å²) in [5.74, 6) is 0.424. The quantitative estimate of drug-likeness (QED) is 0.111. The Kier molecular flexibility index (Phi) is 12.9. The highest BCUT2D eigenvalue weighted by atomic mass is 35.5. The maximum absolute atomic E-state index is 14.4. The Morgan fingerprint density at radius 1 is 0.885 bits per heavy atom. The molecule has 5 aromatic carbocycles. The summed E-state index contributed by atoms with van der Waals surface area (Å²) in [6, 6.07) is 36.1. The number of ether oxygens (including phenoxy) is 3. The van der Waals surface area contributed by atoms with E-state index in [0.29, 0.717) is 59.2 Å². The van der Waals surface area contributed by atoms with Crippen molar-refractivity contribution in [2.45, 2.75) is 70.2 Å². The van der Waals surface area contributed by atoms with Crippen molar-refractivity contribution in [3.05, 3.63) is 177 Å². The number of pyridine rings is 1. The molecule has 3 heterocycles. The van der Waals surface area contributed by atoms with Crippen molar-refractivity contribution in [1.82, 2.24) is 15.2 Å².